The standard InChI is InChI=1S/C19H20N2O2S2/c1-14-17(25-18(20-14)15-7-4-3-5-8-15)19(22)21(10-11-23-2)13-16-9-6-12-24-16/h3-9,12H,10-11,13H2,1-2H3. The van der Waals surface area contributed by atoms with Gasteiger partial charge in [-0.2, -0.15) is 0 Å². The van der Waals surface area contributed by atoms with Gasteiger partial charge in [0, 0.05) is 24.1 Å². The number of hydrogen-bond acceptors (Lipinski definition) is 5. The molecule has 0 aliphatic heterocycles. The minimum atomic E-state index is 0.0163. The highest BCUT2D eigenvalue weighted by molar-refractivity contribution is 7.17. The van der Waals surface area contributed by atoms with E-state index in [9.17, 15) is 4.79 Å². The van der Waals surface area contributed by atoms with E-state index in [1.54, 1.807) is 18.4 Å². The summed E-state index contributed by atoms with van der Waals surface area (Å²) in [4.78, 5) is 21.4. The molecule has 0 bridgehead atoms. The van der Waals surface area contributed by atoms with Crippen molar-refractivity contribution in [3.63, 3.8) is 0 Å². The molecular weight excluding hydrogens is 352 g/mol. The van der Waals surface area contributed by atoms with Crippen LogP contribution < -0.4 is 0 Å². The van der Waals surface area contributed by atoms with E-state index in [0.29, 0.717) is 24.6 Å². The van der Waals surface area contributed by atoms with Crippen LogP contribution in [0.25, 0.3) is 10.6 Å². The van der Waals surface area contributed by atoms with E-state index in [0.717, 1.165) is 21.1 Å². The lowest BCUT2D eigenvalue weighted by Gasteiger charge is -2.21. The largest absolute Gasteiger partial charge is 0.383 e. The SMILES string of the molecule is COCCN(Cc1cccs1)C(=O)c1sc(-c2ccccc2)nc1C. The van der Waals surface area contributed by atoms with Crippen molar-refractivity contribution in [2.24, 2.45) is 0 Å². The summed E-state index contributed by atoms with van der Waals surface area (Å²) in [6.45, 7) is 3.57. The van der Waals surface area contributed by atoms with Crippen molar-refractivity contribution in [2.45, 2.75) is 13.5 Å². The van der Waals surface area contributed by atoms with Gasteiger partial charge in [-0.15, -0.1) is 22.7 Å². The number of thiophene rings is 1. The van der Waals surface area contributed by atoms with Gasteiger partial charge in [-0.25, -0.2) is 4.98 Å². The second kappa shape index (κ2) is 8.38. The first-order valence-corrected chi connectivity index (χ1v) is 9.72. The van der Waals surface area contributed by atoms with Crippen LogP contribution in [0.4, 0.5) is 0 Å². The minimum absolute atomic E-state index is 0.0163. The van der Waals surface area contributed by atoms with Gasteiger partial charge in [-0.05, 0) is 18.4 Å². The number of nitrogens with zero attached hydrogens (tertiary/aromatic N) is 2. The number of carbonyl (C=O) groups is 1. The predicted molar refractivity (Wildman–Crippen MR) is 103 cm³/mol. The molecule has 0 atom stereocenters. The van der Waals surface area contributed by atoms with Crippen molar-refractivity contribution in [3.05, 3.63) is 63.3 Å². The molecule has 2 heterocycles. The zero-order valence-corrected chi connectivity index (χ0v) is 15.9. The summed E-state index contributed by atoms with van der Waals surface area (Å²) in [5.41, 5.74) is 1.82. The van der Waals surface area contributed by atoms with Crippen LogP contribution >= 0.6 is 22.7 Å². The molecule has 3 rings (SSSR count). The van der Waals surface area contributed by atoms with Crippen LogP contribution in [-0.4, -0.2) is 36.1 Å². The molecule has 0 saturated carbocycles. The quantitative estimate of drug-likeness (QED) is 0.614. The molecule has 1 aromatic carbocycles. The number of carbonyl (C=O) groups excluding carboxylic acids is 1. The highest BCUT2D eigenvalue weighted by Gasteiger charge is 2.22. The average molecular weight is 373 g/mol. The van der Waals surface area contributed by atoms with Crippen LogP contribution in [-0.2, 0) is 11.3 Å². The molecule has 0 spiro atoms. The van der Waals surface area contributed by atoms with Crippen molar-refractivity contribution in [1.29, 1.82) is 0 Å². The summed E-state index contributed by atoms with van der Waals surface area (Å²) in [6, 6.07) is 14.0. The molecule has 3 aromatic rings. The van der Waals surface area contributed by atoms with Gasteiger partial charge in [-0.1, -0.05) is 36.4 Å². The minimum Gasteiger partial charge on any atom is -0.383 e. The number of rotatable bonds is 7. The number of aromatic nitrogens is 1. The topological polar surface area (TPSA) is 42.4 Å². The van der Waals surface area contributed by atoms with E-state index in [-0.39, 0.29) is 5.91 Å². The molecule has 130 valence electrons. The summed E-state index contributed by atoms with van der Waals surface area (Å²) in [6.07, 6.45) is 0. The van der Waals surface area contributed by atoms with Crippen LogP contribution in [0.15, 0.2) is 47.8 Å². The van der Waals surface area contributed by atoms with Crippen LogP contribution in [0.1, 0.15) is 20.2 Å². The third kappa shape index (κ3) is 4.34. The number of methoxy groups -OCH3 is 1. The van der Waals surface area contributed by atoms with Gasteiger partial charge in [-0.3, -0.25) is 4.79 Å². The third-order valence-electron chi connectivity index (χ3n) is 3.79. The molecule has 6 heteroatoms. The van der Waals surface area contributed by atoms with Crippen molar-refractivity contribution in [1.82, 2.24) is 9.88 Å². The Morgan fingerprint density at radius 2 is 2.00 bits per heavy atom. The lowest BCUT2D eigenvalue weighted by atomic mass is 10.2. The molecule has 0 radical (unpaired) electrons. The van der Waals surface area contributed by atoms with Crippen LogP contribution in [0.3, 0.4) is 0 Å². The Hall–Kier alpha value is -2.02. The fraction of sp³-hybridized carbons (Fsp3) is 0.263. The lowest BCUT2D eigenvalue weighted by Crippen LogP contribution is -2.33. The smallest absolute Gasteiger partial charge is 0.266 e. The van der Waals surface area contributed by atoms with Gasteiger partial charge in [0.05, 0.1) is 18.8 Å². The predicted octanol–water partition coefficient (Wildman–Crippen LogP) is 4.47. The number of benzene rings is 1. The first-order valence-electron chi connectivity index (χ1n) is 8.02. The fourth-order valence-electron chi connectivity index (χ4n) is 2.49. The lowest BCUT2D eigenvalue weighted by molar-refractivity contribution is 0.0686. The van der Waals surface area contributed by atoms with Gasteiger partial charge in [0.25, 0.3) is 5.91 Å². The van der Waals surface area contributed by atoms with Crippen molar-refractivity contribution < 1.29 is 9.53 Å². The molecule has 0 saturated heterocycles. The van der Waals surface area contributed by atoms with Crippen LogP contribution in [0.2, 0.25) is 0 Å². The van der Waals surface area contributed by atoms with Crippen LogP contribution in [0, 0.1) is 6.92 Å². The van der Waals surface area contributed by atoms with Gasteiger partial charge >= 0.3 is 0 Å². The maximum atomic E-state index is 13.1. The molecule has 0 unspecified atom stereocenters. The maximum absolute atomic E-state index is 13.1. The van der Waals surface area contributed by atoms with Crippen molar-refractivity contribution in [2.75, 3.05) is 20.3 Å². The van der Waals surface area contributed by atoms with Gasteiger partial charge < -0.3 is 9.64 Å². The Kier molecular flexibility index (Phi) is 5.96. The number of ether oxygens (including phenoxy) is 1. The van der Waals surface area contributed by atoms with E-state index in [2.05, 4.69) is 4.98 Å². The second-order valence-corrected chi connectivity index (χ2v) is 7.63. The molecule has 0 fully saturated rings. The van der Waals surface area contributed by atoms with Gasteiger partial charge in [0.2, 0.25) is 0 Å². The van der Waals surface area contributed by atoms with Gasteiger partial charge in [0.1, 0.15) is 9.88 Å². The molecule has 0 N–H and O–H groups in total. The van der Waals surface area contributed by atoms with E-state index >= 15 is 0 Å². The maximum Gasteiger partial charge on any atom is 0.266 e. The Morgan fingerprint density at radius 3 is 2.68 bits per heavy atom. The highest BCUT2D eigenvalue weighted by atomic mass is 32.1. The molecule has 0 aliphatic carbocycles. The molecular formula is C19H20N2O2S2. The molecule has 0 aliphatic rings. The monoisotopic (exact) mass is 372 g/mol. The molecule has 2 aromatic heterocycles. The van der Waals surface area contributed by atoms with Gasteiger partial charge in [0.15, 0.2) is 0 Å². The number of hydrogen-bond donors (Lipinski definition) is 0. The summed E-state index contributed by atoms with van der Waals surface area (Å²) in [7, 11) is 1.65. The Labute approximate surface area is 155 Å². The Balaban J connectivity index is 1.85. The van der Waals surface area contributed by atoms with E-state index < -0.39 is 0 Å². The summed E-state index contributed by atoms with van der Waals surface area (Å²) in [5.74, 6) is 0.0163. The average Bonchev–Trinajstić information content (AvgIpc) is 3.28. The molecule has 1 amide bonds. The van der Waals surface area contributed by atoms with Crippen molar-refractivity contribution >= 4 is 28.6 Å². The first-order chi connectivity index (χ1) is 12.2. The number of thiazole rings is 1. The highest BCUT2D eigenvalue weighted by Crippen LogP contribution is 2.29. The summed E-state index contributed by atoms with van der Waals surface area (Å²) < 4.78 is 5.18. The molecule has 4 nitrogen and oxygen atoms in total. The second-order valence-electron chi connectivity index (χ2n) is 5.60. The van der Waals surface area contributed by atoms with E-state index in [4.69, 9.17) is 4.74 Å². The first kappa shape index (κ1) is 17.8. The summed E-state index contributed by atoms with van der Waals surface area (Å²) in [5, 5.41) is 2.91. The number of amides is 1. The van der Waals surface area contributed by atoms with Crippen LogP contribution in [0.5, 0.6) is 0 Å². The zero-order valence-electron chi connectivity index (χ0n) is 14.3. The summed E-state index contributed by atoms with van der Waals surface area (Å²) >= 11 is 3.11. The molecule has 25 heavy (non-hydrogen) atoms. The Morgan fingerprint density at radius 1 is 1.20 bits per heavy atom. The van der Waals surface area contributed by atoms with E-state index in [1.807, 2.05) is 59.7 Å². The normalized spacial score (nSPS) is 10.8. The zero-order chi connectivity index (χ0) is 17.6. The Bertz CT molecular complexity index is 813. The fourth-order valence-corrected chi connectivity index (χ4v) is 4.25. The number of aryl methyl sites for hydroxylation is 1. The van der Waals surface area contributed by atoms with E-state index in [1.165, 1.54) is 11.3 Å². The van der Waals surface area contributed by atoms with Crippen molar-refractivity contribution in [3.8, 4) is 10.6 Å². The third-order valence-corrected chi connectivity index (χ3v) is 5.85.